The van der Waals surface area contributed by atoms with Crippen LogP contribution in [0, 0.1) is 0 Å². The van der Waals surface area contributed by atoms with Crippen molar-refractivity contribution in [1.82, 2.24) is 20.3 Å². The van der Waals surface area contributed by atoms with Gasteiger partial charge in [-0.05, 0) is 24.6 Å². The van der Waals surface area contributed by atoms with Gasteiger partial charge in [0.25, 0.3) is 0 Å². The number of carbonyl (C=O) groups is 1. The lowest BCUT2D eigenvalue weighted by Crippen LogP contribution is -2.30. The fourth-order valence-corrected chi connectivity index (χ4v) is 1.94. The third-order valence-electron chi connectivity index (χ3n) is 3.07. The third-order valence-corrected chi connectivity index (χ3v) is 3.07. The minimum Gasteiger partial charge on any atom is -0.497 e. The molecule has 0 aliphatic heterocycles. The lowest BCUT2D eigenvalue weighted by Gasteiger charge is -2.15. The van der Waals surface area contributed by atoms with Gasteiger partial charge in [-0.25, -0.2) is 4.68 Å². The Labute approximate surface area is 123 Å². The highest BCUT2D eigenvalue weighted by molar-refractivity contribution is 5.76. The fourth-order valence-electron chi connectivity index (χ4n) is 1.94. The molecular formula is C14H19N5O2. The Morgan fingerprint density at radius 3 is 3.00 bits per heavy atom. The average molecular weight is 289 g/mol. The van der Waals surface area contributed by atoms with Crippen molar-refractivity contribution >= 4 is 5.91 Å². The number of nitrogens with two attached hydrogens (primary N) is 1. The highest BCUT2D eigenvalue weighted by atomic mass is 16.5. The van der Waals surface area contributed by atoms with Crippen LogP contribution in [0.1, 0.15) is 24.2 Å². The number of amides is 1. The second-order valence-corrected chi connectivity index (χ2v) is 4.68. The van der Waals surface area contributed by atoms with E-state index in [-0.39, 0.29) is 18.5 Å². The Morgan fingerprint density at radius 2 is 2.33 bits per heavy atom. The van der Waals surface area contributed by atoms with Crippen LogP contribution >= 0.6 is 0 Å². The van der Waals surface area contributed by atoms with E-state index < -0.39 is 0 Å². The average Bonchev–Trinajstić information content (AvgIpc) is 2.94. The van der Waals surface area contributed by atoms with Gasteiger partial charge >= 0.3 is 0 Å². The Bertz CT molecular complexity index is 611. The van der Waals surface area contributed by atoms with Gasteiger partial charge in [0.1, 0.15) is 12.3 Å². The number of aromatic nitrogens is 3. The maximum Gasteiger partial charge on any atom is 0.242 e. The van der Waals surface area contributed by atoms with Gasteiger partial charge < -0.3 is 15.8 Å². The summed E-state index contributed by atoms with van der Waals surface area (Å²) in [5.41, 5.74) is 7.08. The minimum atomic E-state index is -0.140. The zero-order valence-electron chi connectivity index (χ0n) is 12.1. The summed E-state index contributed by atoms with van der Waals surface area (Å²) >= 11 is 0. The SMILES string of the molecule is COc1cccc(C(C)NC(=O)Cn2cc(CN)nn2)c1. The normalized spacial score (nSPS) is 12.0. The van der Waals surface area contributed by atoms with Crippen molar-refractivity contribution in [2.24, 2.45) is 5.73 Å². The Hall–Kier alpha value is -2.41. The predicted molar refractivity (Wildman–Crippen MR) is 77.5 cm³/mol. The van der Waals surface area contributed by atoms with Gasteiger partial charge in [-0.2, -0.15) is 0 Å². The van der Waals surface area contributed by atoms with Gasteiger partial charge in [0.05, 0.1) is 25.0 Å². The standard InChI is InChI=1S/C14H19N5O2/c1-10(11-4-3-5-13(6-11)21-2)16-14(20)9-19-8-12(7-15)17-18-19/h3-6,8,10H,7,9,15H2,1-2H3,(H,16,20). The van der Waals surface area contributed by atoms with Crippen molar-refractivity contribution < 1.29 is 9.53 Å². The molecule has 1 aromatic carbocycles. The smallest absolute Gasteiger partial charge is 0.242 e. The number of benzene rings is 1. The molecule has 1 aromatic heterocycles. The predicted octanol–water partition coefficient (Wildman–Crippen LogP) is 0.623. The molecule has 0 aliphatic rings. The summed E-state index contributed by atoms with van der Waals surface area (Å²) in [6.45, 7) is 2.34. The molecule has 3 N–H and O–H groups in total. The van der Waals surface area contributed by atoms with Crippen molar-refractivity contribution in [1.29, 1.82) is 0 Å². The van der Waals surface area contributed by atoms with Gasteiger partial charge in [-0.15, -0.1) is 5.10 Å². The Balaban J connectivity index is 1.94. The zero-order valence-corrected chi connectivity index (χ0v) is 12.1. The highest BCUT2D eigenvalue weighted by Crippen LogP contribution is 2.18. The van der Waals surface area contributed by atoms with Crippen LogP contribution < -0.4 is 15.8 Å². The largest absolute Gasteiger partial charge is 0.497 e. The zero-order chi connectivity index (χ0) is 15.2. The molecule has 2 rings (SSSR count). The molecule has 0 radical (unpaired) electrons. The van der Waals surface area contributed by atoms with Crippen LogP contribution in [0.2, 0.25) is 0 Å². The van der Waals surface area contributed by atoms with Crippen LogP contribution in [-0.2, 0) is 17.9 Å². The lowest BCUT2D eigenvalue weighted by atomic mass is 10.1. The topological polar surface area (TPSA) is 95.1 Å². The van der Waals surface area contributed by atoms with Crippen LogP contribution in [0.5, 0.6) is 5.75 Å². The first-order chi connectivity index (χ1) is 10.1. The number of hydrogen-bond donors (Lipinski definition) is 2. The van der Waals surface area contributed by atoms with E-state index >= 15 is 0 Å². The van der Waals surface area contributed by atoms with Gasteiger partial charge in [-0.1, -0.05) is 17.3 Å². The molecule has 1 unspecified atom stereocenters. The summed E-state index contributed by atoms with van der Waals surface area (Å²) in [7, 11) is 1.61. The molecule has 0 saturated heterocycles. The molecule has 1 atom stereocenters. The molecular weight excluding hydrogens is 270 g/mol. The molecule has 2 aromatic rings. The van der Waals surface area contributed by atoms with E-state index in [0.717, 1.165) is 11.3 Å². The number of nitrogens with one attached hydrogen (secondary N) is 1. The monoisotopic (exact) mass is 289 g/mol. The summed E-state index contributed by atoms with van der Waals surface area (Å²) in [6.07, 6.45) is 1.66. The first kappa shape index (κ1) is 15.0. The number of nitrogens with zero attached hydrogens (tertiary/aromatic N) is 3. The van der Waals surface area contributed by atoms with Crippen molar-refractivity contribution in [3.05, 3.63) is 41.7 Å². The molecule has 1 amide bonds. The molecule has 0 saturated carbocycles. The molecule has 0 aliphatic carbocycles. The number of hydrogen-bond acceptors (Lipinski definition) is 5. The molecule has 112 valence electrons. The third kappa shape index (κ3) is 4.03. The van der Waals surface area contributed by atoms with Crippen molar-refractivity contribution in [3.63, 3.8) is 0 Å². The van der Waals surface area contributed by atoms with E-state index in [1.807, 2.05) is 31.2 Å². The van der Waals surface area contributed by atoms with E-state index in [2.05, 4.69) is 15.6 Å². The fraction of sp³-hybridized carbons (Fsp3) is 0.357. The molecule has 7 heteroatoms. The van der Waals surface area contributed by atoms with E-state index in [4.69, 9.17) is 10.5 Å². The summed E-state index contributed by atoms with van der Waals surface area (Å²) in [6, 6.07) is 7.47. The molecule has 0 bridgehead atoms. The quantitative estimate of drug-likeness (QED) is 0.813. The Morgan fingerprint density at radius 1 is 1.52 bits per heavy atom. The highest BCUT2D eigenvalue weighted by Gasteiger charge is 2.11. The number of ether oxygens (including phenoxy) is 1. The van der Waals surface area contributed by atoms with Crippen LogP contribution in [0.25, 0.3) is 0 Å². The maximum atomic E-state index is 12.0. The van der Waals surface area contributed by atoms with Crippen LogP contribution in [0.15, 0.2) is 30.5 Å². The van der Waals surface area contributed by atoms with E-state index in [1.165, 1.54) is 4.68 Å². The summed E-state index contributed by atoms with van der Waals surface area (Å²) < 4.78 is 6.64. The van der Waals surface area contributed by atoms with Crippen LogP contribution in [-0.4, -0.2) is 28.0 Å². The van der Waals surface area contributed by atoms with Crippen molar-refractivity contribution in [2.75, 3.05) is 7.11 Å². The van der Waals surface area contributed by atoms with Gasteiger partial charge in [0.15, 0.2) is 0 Å². The van der Waals surface area contributed by atoms with E-state index in [1.54, 1.807) is 13.3 Å². The van der Waals surface area contributed by atoms with Crippen LogP contribution in [0.3, 0.4) is 0 Å². The second-order valence-electron chi connectivity index (χ2n) is 4.68. The first-order valence-electron chi connectivity index (χ1n) is 6.64. The van der Waals surface area contributed by atoms with E-state index in [0.29, 0.717) is 12.2 Å². The van der Waals surface area contributed by atoms with Crippen molar-refractivity contribution in [3.8, 4) is 5.75 Å². The second kappa shape index (κ2) is 6.85. The summed E-state index contributed by atoms with van der Waals surface area (Å²) in [5.74, 6) is 0.622. The van der Waals surface area contributed by atoms with Crippen LogP contribution in [0.4, 0.5) is 0 Å². The minimum absolute atomic E-state index is 0.112. The Kier molecular flexibility index (Phi) is 4.89. The molecule has 0 fully saturated rings. The lowest BCUT2D eigenvalue weighted by molar-refractivity contribution is -0.122. The summed E-state index contributed by atoms with van der Waals surface area (Å²) in [5, 5.41) is 10.6. The number of methoxy groups -OCH3 is 1. The number of carbonyl (C=O) groups excluding carboxylic acids is 1. The van der Waals surface area contributed by atoms with Gasteiger partial charge in [0.2, 0.25) is 5.91 Å². The van der Waals surface area contributed by atoms with Gasteiger partial charge in [0, 0.05) is 6.54 Å². The van der Waals surface area contributed by atoms with Gasteiger partial charge in [-0.3, -0.25) is 4.79 Å². The summed E-state index contributed by atoms with van der Waals surface area (Å²) in [4.78, 5) is 12.0. The first-order valence-corrected chi connectivity index (χ1v) is 6.64. The molecule has 21 heavy (non-hydrogen) atoms. The number of rotatable bonds is 6. The van der Waals surface area contributed by atoms with E-state index in [9.17, 15) is 4.79 Å². The maximum absolute atomic E-state index is 12.0. The molecule has 7 nitrogen and oxygen atoms in total. The molecule has 1 heterocycles. The van der Waals surface area contributed by atoms with Crippen molar-refractivity contribution in [2.45, 2.75) is 26.1 Å². The molecule has 0 spiro atoms.